The number of rotatable bonds is 3. The molecule has 1 aliphatic heterocycles. The maximum absolute atomic E-state index is 5.75. The molecule has 5 heteroatoms. The van der Waals surface area contributed by atoms with Crippen LogP contribution >= 0.6 is 31.9 Å². The Hall–Kier alpha value is 0.0300. The summed E-state index contributed by atoms with van der Waals surface area (Å²) >= 11 is 6.98. The zero-order valence-electron chi connectivity index (χ0n) is 9.70. The van der Waals surface area contributed by atoms with Gasteiger partial charge in [-0.25, -0.2) is 0 Å². The number of aromatic nitrogens is 1. The molecular formula is C12H17Br2N3. The van der Waals surface area contributed by atoms with Crippen molar-refractivity contribution in [1.29, 1.82) is 0 Å². The molecule has 1 unspecified atom stereocenters. The van der Waals surface area contributed by atoms with Gasteiger partial charge < -0.3 is 5.73 Å². The molecule has 0 saturated carbocycles. The van der Waals surface area contributed by atoms with E-state index in [-0.39, 0.29) is 0 Å². The highest BCUT2D eigenvalue weighted by Gasteiger charge is 2.19. The lowest BCUT2D eigenvalue weighted by atomic mass is 9.98. The molecule has 2 heterocycles. The van der Waals surface area contributed by atoms with Crippen molar-refractivity contribution in [2.45, 2.75) is 19.4 Å². The van der Waals surface area contributed by atoms with Crippen LogP contribution in [0.4, 0.5) is 0 Å². The molecule has 3 nitrogen and oxygen atoms in total. The molecule has 2 rings (SSSR count). The van der Waals surface area contributed by atoms with E-state index in [1.807, 2.05) is 12.3 Å². The number of hydrogen-bond donors (Lipinski definition) is 1. The predicted molar refractivity (Wildman–Crippen MR) is 76.7 cm³/mol. The fourth-order valence-corrected chi connectivity index (χ4v) is 3.37. The molecule has 0 bridgehead atoms. The Kier molecular flexibility index (Phi) is 4.97. The highest BCUT2D eigenvalue weighted by atomic mass is 79.9. The second kappa shape index (κ2) is 6.27. The van der Waals surface area contributed by atoms with Crippen LogP contribution in [0, 0.1) is 5.92 Å². The van der Waals surface area contributed by atoms with Gasteiger partial charge in [-0.2, -0.15) is 0 Å². The fourth-order valence-electron chi connectivity index (χ4n) is 2.26. The van der Waals surface area contributed by atoms with E-state index < -0.39 is 0 Å². The van der Waals surface area contributed by atoms with Crippen LogP contribution in [0.5, 0.6) is 0 Å². The maximum atomic E-state index is 5.75. The van der Waals surface area contributed by atoms with Crippen molar-refractivity contribution >= 4 is 31.9 Å². The smallest absolute Gasteiger partial charge is 0.0686 e. The molecule has 1 aliphatic rings. The molecule has 1 atom stereocenters. The standard InChI is InChI=1S/C12H17Br2N3/c13-10-4-11(14)12(16-6-10)8-17-3-1-2-9(5-15)7-17/h4,6,9H,1-3,5,7-8,15H2. The Bertz CT molecular complexity index is 384. The minimum absolute atomic E-state index is 0.651. The van der Waals surface area contributed by atoms with Crippen LogP contribution in [0.15, 0.2) is 21.2 Å². The van der Waals surface area contributed by atoms with E-state index in [1.165, 1.54) is 12.8 Å². The van der Waals surface area contributed by atoms with Crippen molar-refractivity contribution < 1.29 is 0 Å². The molecule has 1 saturated heterocycles. The minimum Gasteiger partial charge on any atom is -0.330 e. The van der Waals surface area contributed by atoms with Gasteiger partial charge in [-0.3, -0.25) is 9.88 Å². The van der Waals surface area contributed by atoms with Crippen LogP contribution in [0.1, 0.15) is 18.5 Å². The lowest BCUT2D eigenvalue weighted by Gasteiger charge is -2.31. The zero-order chi connectivity index (χ0) is 12.3. The second-order valence-electron chi connectivity index (χ2n) is 4.56. The molecule has 0 aliphatic carbocycles. The molecule has 17 heavy (non-hydrogen) atoms. The van der Waals surface area contributed by atoms with E-state index in [2.05, 4.69) is 41.7 Å². The topological polar surface area (TPSA) is 42.1 Å². The summed E-state index contributed by atoms with van der Waals surface area (Å²) in [4.78, 5) is 6.90. The van der Waals surface area contributed by atoms with E-state index >= 15 is 0 Å². The molecule has 0 radical (unpaired) electrons. The predicted octanol–water partition coefficient (Wildman–Crippen LogP) is 2.78. The second-order valence-corrected chi connectivity index (χ2v) is 6.33. The Morgan fingerprint density at radius 2 is 2.29 bits per heavy atom. The molecule has 1 fully saturated rings. The lowest BCUT2D eigenvalue weighted by molar-refractivity contribution is 0.169. The van der Waals surface area contributed by atoms with Crippen LogP contribution in [0.3, 0.4) is 0 Å². The number of nitrogens with two attached hydrogens (primary N) is 1. The van der Waals surface area contributed by atoms with Crippen LogP contribution < -0.4 is 5.73 Å². The number of likely N-dealkylation sites (tertiary alicyclic amines) is 1. The van der Waals surface area contributed by atoms with Crippen molar-refractivity contribution in [2.24, 2.45) is 11.7 Å². The molecule has 0 aromatic carbocycles. The average Bonchev–Trinajstić information content (AvgIpc) is 2.33. The van der Waals surface area contributed by atoms with Gasteiger partial charge in [0.05, 0.1) is 5.69 Å². The van der Waals surface area contributed by atoms with Crippen molar-refractivity contribution in [3.63, 3.8) is 0 Å². The Morgan fingerprint density at radius 3 is 3.00 bits per heavy atom. The van der Waals surface area contributed by atoms with E-state index in [9.17, 15) is 0 Å². The van der Waals surface area contributed by atoms with Crippen molar-refractivity contribution in [3.05, 3.63) is 26.9 Å². The molecule has 0 amide bonds. The largest absolute Gasteiger partial charge is 0.330 e. The number of nitrogens with zero attached hydrogens (tertiary/aromatic N) is 2. The van der Waals surface area contributed by atoms with Crippen molar-refractivity contribution in [1.82, 2.24) is 9.88 Å². The highest BCUT2D eigenvalue weighted by Crippen LogP contribution is 2.23. The van der Waals surface area contributed by atoms with E-state index in [0.717, 1.165) is 40.8 Å². The lowest BCUT2D eigenvalue weighted by Crippen LogP contribution is -2.38. The van der Waals surface area contributed by atoms with Gasteiger partial charge in [-0.1, -0.05) is 0 Å². The van der Waals surface area contributed by atoms with Gasteiger partial charge in [0, 0.05) is 28.2 Å². The minimum atomic E-state index is 0.651. The monoisotopic (exact) mass is 361 g/mol. The molecule has 94 valence electrons. The Labute approximate surface area is 119 Å². The fraction of sp³-hybridized carbons (Fsp3) is 0.583. The normalized spacial score (nSPS) is 21.7. The van der Waals surface area contributed by atoms with Gasteiger partial charge in [-0.15, -0.1) is 0 Å². The molecule has 1 aromatic rings. The number of piperidine rings is 1. The van der Waals surface area contributed by atoms with Gasteiger partial charge in [0.1, 0.15) is 0 Å². The van der Waals surface area contributed by atoms with Gasteiger partial charge in [-0.05, 0) is 69.8 Å². The summed E-state index contributed by atoms with van der Waals surface area (Å²) in [6.45, 7) is 3.96. The zero-order valence-corrected chi connectivity index (χ0v) is 12.9. The van der Waals surface area contributed by atoms with Gasteiger partial charge in [0.25, 0.3) is 0 Å². The summed E-state index contributed by atoms with van der Waals surface area (Å²) < 4.78 is 2.08. The van der Waals surface area contributed by atoms with Crippen LogP contribution in [-0.4, -0.2) is 29.5 Å². The third kappa shape index (κ3) is 3.74. The summed E-state index contributed by atoms with van der Waals surface area (Å²) in [6, 6.07) is 2.05. The Morgan fingerprint density at radius 1 is 1.47 bits per heavy atom. The van der Waals surface area contributed by atoms with E-state index in [1.54, 1.807) is 0 Å². The molecule has 0 spiro atoms. The van der Waals surface area contributed by atoms with Crippen LogP contribution in [0.2, 0.25) is 0 Å². The molecule has 1 aromatic heterocycles. The van der Waals surface area contributed by atoms with E-state index in [0.29, 0.717) is 5.92 Å². The summed E-state index contributed by atoms with van der Waals surface area (Å²) in [5.41, 5.74) is 6.85. The van der Waals surface area contributed by atoms with Crippen LogP contribution in [0.25, 0.3) is 0 Å². The molecular weight excluding hydrogens is 346 g/mol. The first kappa shape index (κ1) is 13.5. The quantitative estimate of drug-likeness (QED) is 0.898. The highest BCUT2D eigenvalue weighted by molar-refractivity contribution is 9.11. The maximum Gasteiger partial charge on any atom is 0.0686 e. The van der Waals surface area contributed by atoms with Crippen molar-refractivity contribution in [3.8, 4) is 0 Å². The van der Waals surface area contributed by atoms with Crippen molar-refractivity contribution in [2.75, 3.05) is 19.6 Å². The first-order valence-corrected chi connectivity index (χ1v) is 7.50. The first-order valence-electron chi connectivity index (χ1n) is 5.91. The number of hydrogen-bond acceptors (Lipinski definition) is 3. The molecule has 2 N–H and O–H groups in total. The number of halogens is 2. The third-order valence-corrected chi connectivity index (χ3v) is 4.31. The average molecular weight is 363 g/mol. The third-order valence-electron chi connectivity index (χ3n) is 3.19. The van der Waals surface area contributed by atoms with Gasteiger partial charge >= 0.3 is 0 Å². The van der Waals surface area contributed by atoms with E-state index in [4.69, 9.17) is 5.73 Å². The SMILES string of the molecule is NCC1CCCN(Cc2ncc(Br)cc2Br)C1. The first-order chi connectivity index (χ1) is 8.19. The number of pyridine rings is 1. The van der Waals surface area contributed by atoms with Gasteiger partial charge in [0.15, 0.2) is 0 Å². The summed E-state index contributed by atoms with van der Waals surface area (Å²) in [7, 11) is 0. The summed E-state index contributed by atoms with van der Waals surface area (Å²) in [6.07, 6.45) is 4.36. The Balaban J connectivity index is 2.00. The summed E-state index contributed by atoms with van der Waals surface area (Å²) in [5, 5.41) is 0. The van der Waals surface area contributed by atoms with Gasteiger partial charge in [0.2, 0.25) is 0 Å². The van der Waals surface area contributed by atoms with Crippen LogP contribution in [-0.2, 0) is 6.54 Å². The summed E-state index contributed by atoms with van der Waals surface area (Å²) in [5.74, 6) is 0.651.